The Hall–Kier alpha value is -1.40. The summed E-state index contributed by atoms with van der Waals surface area (Å²) in [7, 11) is -3.43. The molecule has 2 aromatic carbocycles. The Morgan fingerprint density at radius 1 is 0.885 bits per heavy atom. The van der Waals surface area contributed by atoms with Gasteiger partial charge in [-0.25, -0.2) is 8.42 Å². The van der Waals surface area contributed by atoms with E-state index in [0.29, 0.717) is 18.0 Å². The van der Waals surface area contributed by atoms with Crippen molar-refractivity contribution >= 4 is 22.4 Å². The molecule has 1 heterocycles. The molecular formula is C20H27ClN2O2S. The Morgan fingerprint density at radius 3 is 1.96 bits per heavy atom. The third-order valence-electron chi connectivity index (χ3n) is 4.78. The van der Waals surface area contributed by atoms with Crippen LogP contribution in [0.25, 0.3) is 0 Å². The smallest absolute Gasteiger partial charge is 0.243 e. The van der Waals surface area contributed by atoms with Crippen molar-refractivity contribution in [3.05, 3.63) is 64.7 Å². The fourth-order valence-corrected chi connectivity index (χ4v) is 5.51. The van der Waals surface area contributed by atoms with Crippen molar-refractivity contribution in [2.45, 2.75) is 32.2 Å². The van der Waals surface area contributed by atoms with Crippen LogP contribution in [0.3, 0.4) is 0 Å². The Labute approximate surface area is 163 Å². The highest BCUT2D eigenvalue weighted by Crippen LogP contribution is 2.26. The summed E-state index contributed by atoms with van der Waals surface area (Å²) >= 11 is 0. The molecule has 0 spiro atoms. The quantitative estimate of drug-likeness (QED) is 0.796. The second kappa shape index (κ2) is 8.53. The molecule has 1 aliphatic heterocycles. The fourth-order valence-electron chi connectivity index (χ4n) is 3.67. The second-order valence-corrected chi connectivity index (χ2v) is 8.77. The van der Waals surface area contributed by atoms with Gasteiger partial charge in [0, 0.05) is 32.7 Å². The highest BCUT2D eigenvalue weighted by molar-refractivity contribution is 7.89. The van der Waals surface area contributed by atoms with Crippen LogP contribution in [0.2, 0.25) is 0 Å². The molecule has 2 aromatic rings. The molecule has 0 aliphatic carbocycles. The summed E-state index contributed by atoms with van der Waals surface area (Å²) in [5.74, 6) is 0. The molecule has 0 amide bonds. The van der Waals surface area contributed by atoms with Crippen LogP contribution < -0.4 is 0 Å². The topological polar surface area (TPSA) is 40.6 Å². The molecule has 0 N–H and O–H groups in total. The lowest BCUT2D eigenvalue weighted by atomic mass is 10.1. The van der Waals surface area contributed by atoms with Crippen LogP contribution in [0.4, 0.5) is 0 Å². The van der Waals surface area contributed by atoms with Gasteiger partial charge in [0.1, 0.15) is 0 Å². The molecule has 0 aromatic heterocycles. The van der Waals surface area contributed by atoms with Gasteiger partial charge in [-0.1, -0.05) is 48.0 Å². The first-order valence-electron chi connectivity index (χ1n) is 8.72. The van der Waals surface area contributed by atoms with E-state index in [9.17, 15) is 8.42 Å². The number of hydrogen-bond donors (Lipinski definition) is 0. The van der Waals surface area contributed by atoms with Crippen molar-refractivity contribution in [1.82, 2.24) is 9.21 Å². The van der Waals surface area contributed by atoms with E-state index in [4.69, 9.17) is 0 Å². The highest BCUT2D eigenvalue weighted by Gasteiger charge is 2.30. The normalized spacial score (nSPS) is 16.3. The number of halogens is 1. The number of benzene rings is 2. The van der Waals surface area contributed by atoms with Crippen LogP contribution in [-0.2, 0) is 16.6 Å². The van der Waals surface area contributed by atoms with Gasteiger partial charge in [-0.15, -0.1) is 12.4 Å². The predicted octanol–water partition coefficient (Wildman–Crippen LogP) is 3.54. The fraction of sp³-hybridized carbons (Fsp3) is 0.400. The molecule has 26 heavy (non-hydrogen) atoms. The summed E-state index contributed by atoms with van der Waals surface area (Å²) < 4.78 is 27.9. The number of hydrogen-bond acceptors (Lipinski definition) is 3. The Morgan fingerprint density at radius 2 is 1.42 bits per heavy atom. The van der Waals surface area contributed by atoms with E-state index in [-0.39, 0.29) is 12.4 Å². The van der Waals surface area contributed by atoms with Gasteiger partial charge in [-0.2, -0.15) is 4.31 Å². The number of sulfonamides is 1. The van der Waals surface area contributed by atoms with E-state index in [0.717, 1.165) is 36.3 Å². The van der Waals surface area contributed by atoms with Crippen LogP contribution in [0.15, 0.2) is 47.4 Å². The van der Waals surface area contributed by atoms with E-state index in [1.165, 1.54) is 5.56 Å². The summed E-state index contributed by atoms with van der Waals surface area (Å²) in [6.07, 6.45) is 0. The maximum Gasteiger partial charge on any atom is 0.243 e. The molecule has 0 saturated carbocycles. The van der Waals surface area contributed by atoms with Gasteiger partial charge in [0.2, 0.25) is 10.0 Å². The molecule has 0 bridgehead atoms. The SMILES string of the molecule is Cc1cc(C)c(S(=O)(=O)N2CCN(Cc3ccccc3)CC2)c(C)c1.Cl. The summed E-state index contributed by atoms with van der Waals surface area (Å²) in [6, 6.07) is 14.2. The Balaban J connectivity index is 0.00000243. The molecule has 142 valence electrons. The van der Waals surface area contributed by atoms with E-state index in [1.807, 2.05) is 51.1 Å². The summed E-state index contributed by atoms with van der Waals surface area (Å²) in [4.78, 5) is 2.80. The van der Waals surface area contributed by atoms with Gasteiger partial charge in [-0.3, -0.25) is 4.90 Å². The number of nitrogens with zero attached hydrogens (tertiary/aromatic N) is 2. The molecule has 6 heteroatoms. The van der Waals surface area contributed by atoms with Gasteiger partial charge in [0.25, 0.3) is 0 Å². The summed E-state index contributed by atoms with van der Waals surface area (Å²) in [6.45, 7) is 9.26. The third-order valence-corrected chi connectivity index (χ3v) is 6.99. The van der Waals surface area contributed by atoms with Gasteiger partial charge >= 0.3 is 0 Å². The largest absolute Gasteiger partial charge is 0.296 e. The standard InChI is InChI=1S/C20H26N2O2S.ClH/c1-16-13-17(2)20(18(3)14-16)25(23,24)22-11-9-21(10-12-22)15-19-7-5-4-6-8-19;/h4-8,13-14H,9-12,15H2,1-3H3;1H. The zero-order chi connectivity index (χ0) is 18.0. The van der Waals surface area contributed by atoms with Crippen molar-refractivity contribution in [1.29, 1.82) is 0 Å². The van der Waals surface area contributed by atoms with Crippen molar-refractivity contribution < 1.29 is 8.42 Å². The predicted molar refractivity (Wildman–Crippen MR) is 108 cm³/mol. The lowest BCUT2D eigenvalue weighted by molar-refractivity contribution is 0.181. The monoisotopic (exact) mass is 394 g/mol. The molecule has 0 unspecified atom stereocenters. The highest BCUT2D eigenvalue weighted by atomic mass is 35.5. The molecule has 4 nitrogen and oxygen atoms in total. The van der Waals surface area contributed by atoms with Crippen molar-refractivity contribution in [2.75, 3.05) is 26.2 Å². The second-order valence-electron chi connectivity index (χ2n) is 6.89. The lowest BCUT2D eigenvalue weighted by Crippen LogP contribution is -2.48. The molecule has 1 fully saturated rings. The number of piperazine rings is 1. The van der Waals surface area contributed by atoms with Gasteiger partial charge < -0.3 is 0 Å². The minimum absolute atomic E-state index is 0. The van der Waals surface area contributed by atoms with Crippen LogP contribution in [0, 0.1) is 20.8 Å². The van der Waals surface area contributed by atoms with Crippen molar-refractivity contribution in [3.63, 3.8) is 0 Å². The maximum atomic E-state index is 13.1. The van der Waals surface area contributed by atoms with Gasteiger partial charge in [0.05, 0.1) is 4.90 Å². The summed E-state index contributed by atoms with van der Waals surface area (Å²) in [5, 5.41) is 0. The van der Waals surface area contributed by atoms with E-state index in [2.05, 4.69) is 17.0 Å². The first-order chi connectivity index (χ1) is 11.9. The van der Waals surface area contributed by atoms with Gasteiger partial charge in [0.15, 0.2) is 0 Å². The number of aryl methyl sites for hydroxylation is 3. The summed E-state index contributed by atoms with van der Waals surface area (Å²) in [5.41, 5.74) is 4.04. The first kappa shape index (κ1) is 20.9. The van der Waals surface area contributed by atoms with Crippen LogP contribution in [0.1, 0.15) is 22.3 Å². The molecule has 1 saturated heterocycles. The zero-order valence-electron chi connectivity index (χ0n) is 15.6. The Kier molecular flexibility index (Phi) is 6.86. The van der Waals surface area contributed by atoms with Gasteiger partial charge in [-0.05, 0) is 37.5 Å². The molecule has 3 rings (SSSR count). The van der Waals surface area contributed by atoms with Crippen LogP contribution >= 0.6 is 12.4 Å². The first-order valence-corrected chi connectivity index (χ1v) is 10.2. The van der Waals surface area contributed by atoms with Crippen LogP contribution in [-0.4, -0.2) is 43.8 Å². The molecule has 0 atom stereocenters. The maximum absolute atomic E-state index is 13.1. The number of rotatable bonds is 4. The molecular weight excluding hydrogens is 368 g/mol. The lowest BCUT2D eigenvalue weighted by Gasteiger charge is -2.34. The van der Waals surface area contributed by atoms with E-state index in [1.54, 1.807) is 4.31 Å². The van der Waals surface area contributed by atoms with Crippen molar-refractivity contribution in [2.24, 2.45) is 0 Å². The minimum Gasteiger partial charge on any atom is -0.296 e. The van der Waals surface area contributed by atoms with E-state index < -0.39 is 10.0 Å². The third kappa shape index (κ3) is 4.46. The average Bonchev–Trinajstić information content (AvgIpc) is 2.55. The Bertz CT molecular complexity index is 822. The van der Waals surface area contributed by atoms with Crippen LogP contribution in [0.5, 0.6) is 0 Å². The zero-order valence-corrected chi connectivity index (χ0v) is 17.2. The van der Waals surface area contributed by atoms with Crippen molar-refractivity contribution in [3.8, 4) is 0 Å². The molecule has 0 radical (unpaired) electrons. The minimum atomic E-state index is -3.43. The average molecular weight is 395 g/mol. The van der Waals surface area contributed by atoms with E-state index >= 15 is 0 Å². The molecule has 1 aliphatic rings.